The van der Waals surface area contributed by atoms with E-state index in [-0.39, 0.29) is 11.4 Å². The molecular weight excluding hydrogens is 351 g/mol. The van der Waals surface area contributed by atoms with Crippen LogP contribution < -0.4 is 14.5 Å². The monoisotopic (exact) mass is 367 g/mol. The number of nitro benzene ring substituents is 1. The molecule has 0 aliphatic carbocycles. The molecule has 0 saturated carbocycles. The van der Waals surface area contributed by atoms with Gasteiger partial charge in [0, 0.05) is 49.7 Å². The fraction of sp³-hybridized carbons (Fsp3) is 0.294. The highest BCUT2D eigenvalue weighted by Crippen LogP contribution is 2.27. The molecule has 0 amide bonds. The second-order valence-corrected chi connectivity index (χ2v) is 5.79. The van der Waals surface area contributed by atoms with Crippen molar-refractivity contribution in [1.82, 2.24) is 0 Å². The van der Waals surface area contributed by atoms with Crippen molar-refractivity contribution in [2.75, 3.05) is 36.0 Å². The van der Waals surface area contributed by atoms with Crippen molar-refractivity contribution in [3.63, 3.8) is 0 Å². The number of non-ortho nitro benzene ring substituents is 1. The number of benzene rings is 2. The molecule has 1 saturated heterocycles. The smallest absolute Gasteiger partial charge is 0.406 e. The molecule has 0 N–H and O–H groups in total. The summed E-state index contributed by atoms with van der Waals surface area (Å²) in [7, 11) is 0. The van der Waals surface area contributed by atoms with Crippen LogP contribution in [0.1, 0.15) is 0 Å². The summed E-state index contributed by atoms with van der Waals surface area (Å²) in [6.45, 7) is 2.80. The van der Waals surface area contributed by atoms with E-state index in [1.165, 1.54) is 24.3 Å². The first-order valence-corrected chi connectivity index (χ1v) is 7.92. The molecule has 1 aliphatic heterocycles. The highest BCUT2D eigenvalue weighted by atomic mass is 19.4. The average Bonchev–Trinajstić information content (AvgIpc) is 2.61. The third-order valence-electron chi connectivity index (χ3n) is 4.14. The van der Waals surface area contributed by atoms with Crippen molar-refractivity contribution < 1.29 is 22.8 Å². The first-order valence-electron chi connectivity index (χ1n) is 7.92. The molecule has 9 heteroatoms. The van der Waals surface area contributed by atoms with Crippen LogP contribution in [-0.2, 0) is 0 Å². The van der Waals surface area contributed by atoms with E-state index in [1.807, 2.05) is 0 Å². The summed E-state index contributed by atoms with van der Waals surface area (Å²) in [4.78, 5) is 14.4. The molecule has 0 aromatic heterocycles. The number of piperazine rings is 1. The maximum Gasteiger partial charge on any atom is 0.573 e. The Kier molecular flexibility index (Phi) is 4.88. The summed E-state index contributed by atoms with van der Waals surface area (Å²) >= 11 is 0. The van der Waals surface area contributed by atoms with Crippen LogP contribution in [0, 0.1) is 10.1 Å². The zero-order valence-corrected chi connectivity index (χ0v) is 13.6. The minimum atomic E-state index is -4.70. The number of nitrogens with zero attached hydrogens (tertiary/aromatic N) is 3. The van der Waals surface area contributed by atoms with Crippen LogP contribution in [-0.4, -0.2) is 37.5 Å². The Bertz CT molecular complexity index is 756. The van der Waals surface area contributed by atoms with E-state index in [4.69, 9.17) is 0 Å². The van der Waals surface area contributed by atoms with Crippen LogP contribution in [0.5, 0.6) is 5.75 Å². The van der Waals surface area contributed by atoms with E-state index < -0.39 is 11.3 Å². The highest BCUT2D eigenvalue weighted by Gasteiger charge is 2.31. The molecule has 0 spiro atoms. The van der Waals surface area contributed by atoms with Gasteiger partial charge in [-0.15, -0.1) is 13.2 Å². The van der Waals surface area contributed by atoms with Gasteiger partial charge in [0.05, 0.1) is 4.92 Å². The summed E-state index contributed by atoms with van der Waals surface area (Å²) in [5.41, 5.74) is 1.78. The van der Waals surface area contributed by atoms with Crippen molar-refractivity contribution in [3.05, 3.63) is 58.6 Å². The molecule has 2 aromatic carbocycles. The predicted molar refractivity (Wildman–Crippen MR) is 90.6 cm³/mol. The number of ether oxygens (including phenoxy) is 1. The molecule has 0 unspecified atom stereocenters. The maximum atomic E-state index is 12.2. The van der Waals surface area contributed by atoms with Gasteiger partial charge < -0.3 is 14.5 Å². The summed E-state index contributed by atoms with van der Waals surface area (Å²) in [6, 6.07) is 12.2. The largest absolute Gasteiger partial charge is 0.573 e. The van der Waals surface area contributed by atoms with Crippen molar-refractivity contribution in [1.29, 1.82) is 0 Å². The van der Waals surface area contributed by atoms with Crippen LogP contribution in [0.2, 0.25) is 0 Å². The maximum absolute atomic E-state index is 12.2. The Morgan fingerprint density at radius 1 is 0.846 bits per heavy atom. The average molecular weight is 367 g/mol. The Morgan fingerprint density at radius 2 is 1.27 bits per heavy atom. The Balaban J connectivity index is 1.58. The molecule has 0 atom stereocenters. The molecule has 26 heavy (non-hydrogen) atoms. The summed E-state index contributed by atoms with van der Waals surface area (Å²) in [6.07, 6.45) is -4.70. The first-order chi connectivity index (χ1) is 12.3. The lowest BCUT2D eigenvalue weighted by Crippen LogP contribution is -2.46. The number of halogens is 3. The molecule has 0 bridgehead atoms. The zero-order valence-electron chi connectivity index (χ0n) is 13.6. The fourth-order valence-electron chi connectivity index (χ4n) is 2.87. The lowest BCUT2D eigenvalue weighted by atomic mass is 10.2. The molecule has 1 fully saturated rings. The zero-order chi connectivity index (χ0) is 18.7. The number of hydrogen-bond donors (Lipinski definition) is 0. The lowest BCUT2D eigenvalue weighted by Gasteiger charge is -2.37. The Labute approximate surface area is 147 Å². The van der Waals surface area contributed by atoms with E-state index in [2.05, 4.69) is 14.5 Å². The molecule has 1 aliphatic rings. The fourth-order valence-corrected chi connectivity index (χ4v) is 2.87. The van der Waals surface area contributed by atoms with Gasteiger partial charge in [0.25, 0.3) is 5.69 Å². The number of rotatable bonds is 4. The minimum Gasteiger partial charge on any atom is -0.406 e. The SMILES string of the molecule is O=[N+]([O-])c1ccc(N2CCN(c3ccc(OC(F)(F)F)cc3)CC2)cc1. The second kappa shape index (κ2) is 7.11. The molecule has 0 radical (unpaired) electrons. The number of hydrogen-bond acceptors (Lipinski definition) is 5. The molecule has 2 aromatic rings. The van der Waals surface area contributed by atoms with Gasteiger partial charge in [-0.1, -0.05) is 0 Å². The van der Waals surface area contributed by atoms with Gasteiger partial charge in [-0.25, -0.2) is 0 Å². The van der Waals surface area contributed by atoms with E-state index >= 15 is 0 Å². The molecule has 1 heterocycles. The van der Waals surface area contributed by atoms with E-state index in [0.29, 0.717) is 26.2 Å². The van der Waals surface area contributed by atoms with Crippen LogP contribution in [0.4, 0.5) is 30.2 Å². The normalized spacial score (nSPS) is 15.0. The van der Waals surface area contributed by atoms with Gasteiger partial charge in [-0.2, -0.15) is 0 Å². The topological polar surface area (TPSA) is 58.9 Å². The van der Waals surface area contributed by atoms with Crippen molar-refractivity contribution >= 4 is 17.1 Å². The van der Waals surface area contributed by atoms with Crippen LogP contribution >= 0.6 is 0 Å². The molecule has 3 rings (SSSR count). The quantitative estimate of drug-likeness (QED) is 0.607. The molecular formula is C17H16F3N3O3. The van der Waals surface area contributed by atoms with Crippen LogP contribution in [0.25, 0.3) is 0 Å². The number of alkyl halides is 3. The summed E-state index contributed by atoms with van der Waals surface area (Å²) in [5, 5.41) is 10.7. The van der Waals surface area contributed by atoms with Gasteiger partial charge in [0.1, 0.15) is 5.75 Å². The van der Waals surface area contributed by atoms with E-state index in [0.717, 1.165) is 11.4 Å². The number of nitro groups is 1. The van der Waals surface area contributed by atoms with E-state index in [1.54, 1.807) is 24.3 Å². The second-order valence-electron chi connectivity index (χ2n) is 5.79. The summed E-state index contributed by atoms with van der Waals surface area (Å²) < 4.78 is 40.5. The number of anilines is 2. The molecule has 6 nitrogen and oxygen atoms in total. The van der Waals surface area contributed by atoms with E-state index in [9.17, 15) is 23.3 Å². The van der Waals surface area contributed by atoms with Gasteiger partial charge in [0.15, 0.2) is 0 Å². The van der Waals surface area contributed by atoms with Gasteiger partial charge in [-0.3, -0.25) is 10.1 Å². The van der Waals surface area contributed by atoms with Crippen LogP contribution in [0.3, 0.4) is 0 Å². The third kappa shape index (κ3) is 4.35. The lowest BCUT2D eigenvalue weighted by molar-refractivity contribution is -0.384. The van der Waals surface area contributed by atoms with Crippen molar-refractivity contribution in [2.45, 2.75) is 6.36 Å². The molecule has 138 valence electrons. The highest BCUT2D eigenvalue weighted by molar-refractivity contribution is 5.54. The third-order valence-corrected chi connectivity index (χ3v) is 4.14. The van der Waals surface area contributed by atoms with Crippen molar-refractivity contribution in [3.8, 4) is 5.75 Å². The predicted octanol–water partition coefficient (Wildman–Crippen LogP) is 3.82. The van der Waals surface area contributed by atoms with Crippen LogP contribution in [0.15, 0.2) is 48.5 Å². The summed E-state index contributed by atoms with van der Waals surface area (Å²) in [5.74, 6) is -0.245. The standard InChI is InChI=1S/C17H16F3N3O3/c18-17(19,20)26-16-7-5-14(6-8-16)22-11-9-21(10-12-22)13-1-3-15(4-2-13)23(24)25/h1-8H,9-12H2. The van der Waals surface area contributed by atoms with Gasteiger partial charge in [-0.05, 0) is 36.4 Å². The van der Waals surface area contributed by atoms with Gasteiger partial charge >= 0.3 is 6.36 Å². The Morgan fingerprint density at radius 3 is 1.65 bits per heavy atom. The Hall–Kier alpha value is -2.97. The van der Waals surface area contributed by atoms with Gasteiger partial charge in [0.2, 0.25) is 0 Å². The van der Waals surface area contributed by atoms with Crippen molar-refractivity contribution in [2.24, 2.45) is 0 Å². The minimum absolute atomic E-state index is 0.0496. The first kappa shape index (κ1) is 17.8.